The number of rotatable bonds is 5. The van der Waals surface area contributed by atoms with Crippen LogP contribution in [0.25, 0.3) is 0 Å². The molecule has 1 aliphatic carbocycles. The van der Waals surface area contributed by atoms with Gasteiger partial charge in [0.05, 0.1) is 18.6 Å². The number of nitrogens with two attached hydrogens (primary N) is 1. The van der Waals surface area contributed by atoms with Crippen molar-refractivity contribution in [2.75, 3.05) is 7.11 Å². The lowest BCUT2D eigenvalue weighted by Crippen LogP contribution is -2.32. The Morgan fingerprint density at radius 2 is 1.69 bits per heavy atom. The second-order valence-electron chi connectivity index (χ2n) is 8.20. The fourth-order valence-electron chi connectivity index (χ4n) is 4.36. The molecule has 0 aromatic heterocycles. The number of hydrogen-bond acceptors (Lipinski definition) is 7. The first-order valence-corrected chi connectivity index (χ1v) is 11.0. The Bertz CT molecular complexity index is 1520. The fraction of sp³-hybridized carbons (Fsp3) is 0.107. The van der Waals surface area contributed by atoms with Crippen LogP contribution in [0.4, 0.5) is 4.39 Å². The van der Waals surface area contributed by atoms with Crippen molar-refractivity contribution in [2.45, 2.75) is 12.5 Å². The molecule has 3 aromatic rings. The Kier molecular flexibility index (Phi) is 5.74. The van der Waals surface area contributed by atoms with E-state index < -0.39 is 17.5 Å². The van der Waals surface area contributed by atoms with Gasteiger partial charge in [0, 0.05) is 11.1 Å². The summed E-state index contributed by atoms with van der Waals surface area (Å²) < 4.78 is 30.1. The number of allylic oxidation sites excluding steroid dienone is 3. The molecule has 36 heavy (non-hydrogen) atoms. The third-order valence-electron chi connectivity index (χ3n) is 6.12. The molecule has 0 unspecified atom stereocenters. The molecule has 0 fully saturated rings. The topological polar surface area (TPSA) is 112 Å². The zero-order chi connectivity index (χ0) is 25.4. The third-order valence-corrected chi connectivity index (χ3v) is 6.12. The molecule has 5 rings (SSSR count). The van der Waals surface area contributed by atoms with Gasteiger partial charge in [-0.25, -0.2) is 4.39 Å². The van der Waals surface area contributed by atoms with Gasteiger partial charge < -0.3 is 19.9 Å². The van der Waals surface area contributed by atoms with Crippen LogP contribution in [0, 0.1) is 17.1 Å². The Morgan fingerprint density at radius 3 is 2.36 bits per heavy atom. The SMILES string of the molecule is COc1cc([C@@H]2C(C#N)=C(N)OC3=C2C(=O)c2ccccc2C3=O)ccc1OCc1ccc(F)cc1. The van der Waals surface area contributed by atoms with Crippen molar-refractivity contribution in [1.82, 2.24) is 0 Å². The number of halogens is 1. The van der Waals surface area contributed by atoms with Crippen molar-refractivity contribution < 1.29 is 28.2 Å². The molecule has 0 bridgehead atoms. The average Bonchev–Trinajstić information content (AvgIpc) is 2.90. The maximum Gasteiger partial charge on any atom is 0.229 e. The van der Waals surface area contributed by atoms with Crippen LogP contribution in [-0.2, 0) is 11.3 Å². The second-order valence-corrected chi connectivity index (χ2v) is 8.20. The smallest absolute Gasteiger partial charge is 0.229 e. The molecule has 0 saturated heterocycles. The first-order valence-electron chi connectivity index (χ1n) is 11.0. The minimum Gasteiger partial charge on any atom is -0.493 e. The molecule has 178 valence electrons. The van der Waals surface area contributed by atoms with Gasteiger partial charge in [0.25, 0.3) is 0 Å². The highest BCUT2D eigenvalue weighted by molar-refractivity contribution is 6.27. The highest BCUT2D eigenvalue weighted by atomic mass is 19.1. The van der Waals surface area contributed by atoms with Crippen LogP contribution >= 0.6 is 0 Å². The summed E-state index contributed by atoms with van der Waals surface area (Å²) in [6, 6.07) is 19.3. The van der Waals surface area contributed by atoms with Crippen molar-refractivity contribution in [1.29, 1.82) is 5.26 Å². The van der Waals surface area contributed by atoms with Crippen molar-refractivity contribution in [3.63, 3.8) is 0 Å². The molecule has 0 radical (unpaired) electrons. The lowest BCUT2D eigenvalue weighted by molar-refractivity contribution is 0.0897. The molecule has 3 aromatic carbocycles. The first kappa shape index (κ1) is 22.9. The maximum absolute atomic E-state index is 13.5. The van der Waals surface area contributed by atoms with Gasteiger partial charge >= 0.3 is 0 Å². The van der Waals surface area contributed by atoms with Crippen LogP contribution in [-0.4, -0.2) is 18.7 Å². The number of benzene rings is 3. The largest absolute Gasteiger partial charge is 0.493 e. The Labute approximate surface area is 205 Å². The molecule has 1 aliphatic heterocycles. The number of nitrogens with zero attached hydrogens (tertiary/aromatic N) is 1. The number of ether oxygens (including phenoxy) is 3. The van der Waals surface area contributed by atoms with Gasteiger partial charge in [-0.1, -0.05) is 42.5 Å². The summed E-state index contributed by atoms with van der Waals surface area (Å²) in [5.74, 6) is -1.85. The van der Waals surface area contributed by atoms with E-state index in [1.807, 2.05) is 6.07 Å². The van der Waals surface area contributed by atoms with Gasteiger partial charge in [-0.2, -0.15) is 5.26 Å². The van der Waals surface area contributed by atoms with Crippen molar-refractivity contribution >= 4 is 11.6 Å². The molecular weight excluding hydrogens is 463 g/mol. The third kappa shape index (κ3) is 3.77. The van der Waals surface area contributed by atoms with E-state index in [4.69, 9.17) is 19.9 Å². The first-order chi connectivity index (χ1) is 17.4. The van der Waals surface area contributed by atoms with Crippen molar-refractivity contribution in [3.8, 4) is 17.6 Å². The van der Waals surface area contributed by atoms with E-state index in [1.165, 1.54) is 19.2 Å². The molecule has 1 heterocycles. The van der Waals surface area contributed by atoms with E-state index >= 15 is 0 Å². The Morgan fingerprint density at radius 1 is 1.00 bits per heavy atom. The maximum atomic E-state index is 13.5. The summed E-state index contributed by atoms with van der Waals surface area (Å²) in [6.45, 7) is 0.169. The number of methoxy groups -OCH3 is 1. The van der Waals surface area contributed by atoms with Gasteiger partial charge in [-0.05, 0) is 35.4 Å². The Balaban J connectivity index is 1.55. The number of fused-ring (bicyclic) bond motifs is 1. The number of Topliss-reactive ketones (excluding diaryl/α,β-unsaturated/α-hetero) is 2. The lowest BCUT2D eigenvalue weighted by Gasteiger charge is -2.31. The summed E-state index contributed by atoms with van der Waals surface area (Å²) in [6.07, 6.45) is 0. The van der Waals surface area contributed by atoms with Crippen molar-refractivity contribution in [3.05, 3.63) is 118 Å². The molecule has 0 spiro atoms. The quantitative estimate of drug-likeness (QED) is 0.568. The van der Waals surface area contributed by atoms with Gasteiger partial charge in [0.15, 0.2) is 23.0 Å². The number of nitriles is 1. The summed E-state index contributed by atoms with van der Waals surface area (Å²) >= 11 is 0. The van der Waals surface area contributed by atoms with E-state index in [2.05, 4.69) is 0 Å². The van der Waals surface area contributed by atoms with Crippen LogP contribution in [0.5, 0.6) is 11.5 Å². The van der Waals surface area contributed by atoms with Crippen LogP contribution in [0.2, 0.25) is 0 Å². The molecule has 2 aliphatic rings. The molecule has 7 nitrogen and oxygen atoms in total. The zero-order valence-corrected chi connectivity index (χ0v) is 19.1. The van der Waals surface area contributed by atoms with Crippen LogP contribution < -0.4 is 15.2 Å². The normalized spacial score (nSPS) is 16.6. The summed E-state index contributed by atoms with van der Waals surface area (Å²) in [5, 5.41) is 9.87. The van der Waals surface area contributed by atoms with E-state index in [0.717, 1.165) is 5.56 Å². The predicted octanol–water partition coefficient (Wildman–Crippen LogP) is 4.55. The van der Waals surface area contributed by atoms with Gasteiger partial charge in [0.1, 0.15) is 24.1 Å². The van der Waals surface area contributed by atoms with Crippen LogP contribution in [0.1, 0.15) is 37.8 Å². The van der Waals surface area contributed by atoms with E-state index in [9.17, 15) is 19.2 Å². The fourth-order valence-corrected chi connectivity index (χ4v) is 4.36. The number of carbonyl (C=O) groups is 2. The monoisotopic (exact) mass is 482 g/mol. The van der Waals surface area contributed by atoms with Crippen LogP contribution in [0.15, 0.2) is 89.5 Å². The summed E-state index contributed by atoms with van der Waals surface area (Å²) in [4.78, 5) is 26.7. The molecular formula is C28H19FN2O5. The zero-order valence-electron chi connectivity index (χ0n) is 19.1. The number of hydrogen-bond donors (Lipinski definition) is 1. The molecule has 2 N–H and O–H groups in total. The predicted molar refractivity (Wildman–Crippen MR) is 127 cm³/mol. The van der Waals surface area contributed by atoms with Gasteiger partial charge in [0.2, 0.25) is 11.7 Å². The lowest BCUT2D eigenvalue weighted by atomic mass is 9.75. The van der Waals surface area contributed by atoms with E-state index in [-0.39, 0.29) is 46.3 Å². The van der Waals surface area contributed by atoms with E-state index in [0.29, 0.717) is 17.1 Å². The van der Waals surface area contributed by atoms with Crippen LogP contribution in [0.3, 0.4) is 0 Å². The highest BCUT2D eigenvalue weighted by Gasteiger charge is 2.43. The minimum atomic E-state index is -0.941. The summed E-state index contributed by atoms with van der Waals surface area (Å²) in [5.41, 5.74) is 7.80. The highest BCUT2D eigenvalue weighted by Crippen LogP contribution is 2.45. The second kappa shape index (κ2) is 9.04. The van der Waals surface area contributed by atoms with Crippen molar-refractivity contribution in [2.24, 2.45) is 5.73 Å². The minimum absolute atomic E-state index is 0.0105. The molecule has 1 atom stereocenters. The number of ketones is 2. The molecule has 0 amide bonds. The molecule has 8 heteroatoms. The van der Waals surface area contributed by atoms with Gasteiger partial charge in [-0.15, -0.1) is 0 Å². The van der Waals surface area contributed by atoms with E-state index in [1.54, 1.807) is 54.6 Å². The summed E-state index contributed by atoms with van der Waals surface area (Å²) in [7, 11) is 1.46. The number of carbonyl (C=O) groups excluding carboxylic acids is 2. The van der Waals surface area contributed by atoms with Gasteiger partial charge in [-0.3, -0.25) is 9.59 Å². The Hall–Kier alpha value is -4.90. The standard InChI is InChI=1S/C28H19FN2O5/c1-34-22-12-16(8-11-21(22)35-14-15-6-9-17(29)10-7-15)23-20(13-30)28(31)36-27-24(23)25(32)18-4-2-3-5-19(18)26(27)33/h2-12,23H,14,31H2,1H3/t23-/m1/s1. The molecule has 0 saturated carbocycles. The average molecular weight is 482 g/mol.